The molecule has 2 aromatic rings. The summed E-state index contributed by atoms with van der Waals surface area (Å²) in [7, 11) is 0. The highest BCUT2D eigenvalue weighted by Crippen LogP contribution is 2.38. The Labute approximate surface area is 212 Å². The van der Waals surface area contributed by atoms with Crippen molar-refractivity contribution in [3.05, 3.63) is 62.9 Å². The first-order chi connectivity index (χ1) is 16.7. The van der Waals surface area contributed by atoms with Gasteiger partial charge >= 0.3 is 6.09 Å². The smallest absolute Gasteiger partial charge is 0.414 e. The molecular weight excluding hydrogens is 493 g/mol. The highest BCUT2D eigenvalue weighted by atomic mass is 35.5. The molecule has 2 aromatic carbocycles. The molecule has 2 amide bonds. The van der Waals surface area contributed by atoms with Crippen molar-refractivity contribution >= 4 is 46.6 Å². The number of hydrogen-bond donors (Lipinski definition) is 2. The summed E-state index contributed by atoms with van der Waals surface area (Å²) in [5.41, 5.74) is -2.45. The van der Waals surface area contributed by atoms with Gasteiger partial charge in [-0.1, -0.05) is 23.7 Å². The lowest BCUT2D eigenvalue weighted by atomic mass is 9.86. The predicted molar refractivity (Wildman–Crippen MR) is 134 cm³/mol. The molecule has 0 bridgehead atoms. The topological polar surface area (TPSA) is 126 Å². The first-order valence-corrected chi connectivity index (χ1v) is 11.5. The molecule has 0 spiro atoms. The molecule has 0 unspecified atom stereocenters. The Morgan fingerprint density at radius 2 is 2.00 bits per heavy atom. The van der Waals surface area contributed by atoms with Gasteiger partial charge in [0.25, 0.3) is 5.69 Å². The maximum Gasteiger partial charge on any atom is 0.414 e. The van der Waals surface area contributed by atoms with Gasteiger partial charge in [0, 0.05) is 23.2 Å². The molecule has 0 saturated heterocycles. The summed E-state index contributed by atoms with van der Waals surface area (Å²) >= 11 is 5.98. The number of benzene rings is 2. The molecule has 12 heteroatoms. The number of guanidine groups is 1. The Morgan fingerprint density at radius 1 is 1.31 bits per heavy atom. The second-order valence-electron chi connectivity index (χ2n) is 9.36. The van der Waals surface area contributed by atoms with Crippen molar-refractivity contribution in [2.45, 2.75) is 52.2 Å². The molecule has 10 nitrogen and oxygen atoms in total. The number of halogens is 2. The second-order valence-corrected chi connectivity index (χ2v) is 9.80. The van der Waals surface area contributed by atoms with Crippen molar-refractivity contribution in [2.24, 2.45) is 4.99 Å². The van der Waals surface area contributed by atoms with E-state index in [1.807, 2.05) is 0 Å². The van der Waals surface area contributed by atoms with E-state index in [0.717, 1.165) is 0 Å². The van der Waals surface area contributed by atoms with Gasteiger partial charge in [-0.05, 0) is 52.8 Å². The number of alkyl carbamates (subject to hydrolysis) is 1. The number of ether oxygens (including phenoxy) is 1. The fourth-order valence-electron chi connectivity index (χ4n) is 3.77. The number of nitro groups is 1. The number of hydrogen-bond acceptors (Lipinski definition) is 7. The average Bonchev–Trinajstić information content (AvgIpc) is 2.73. The standard InChI is InChI=1S/C24H27ClFN5O5/c1-6-30-19(32)13-24(5,29-21(30)28-22(33)36-23(2,3)4)15-8-7-9-16(20(15)26)27-17-12-14(25)10-11-18(17)31(34)35/h7-12,27H,6,13H2,1-5H3,(H,28,29,33)/t24-/m0/s1. The number of nitro benzene ring substituents is 1. The molecule has 2 N–H and O–H groups in total. The van der Waals surface area contributed by atoms with Crippen LogP contribution in [0.3, 0.4) is 0 Å². The van der Waals surface area contributed by atoms with Gasteiger partial charge in [-0.25, -0.2) is 14.2 Å². The van der Waals surface area contributed by atoms with E-state index in [1.165, 1.54) is 41.3 Å². The Hall–Kier alpha value is -3.73. The number of aliphatic imine (C=N–C) groups is 1. The van der Waals surface area contributed by atoms with E-state index in [9.17, 15) is 19.7 Å². The minimum Gasteiger partial charge on any atom is -0.444 e. The van der Waals surface area contributed by atoms with Gasteiger partial charge in [0.15, 0.2) is 5.82 Å². The fraction of sp³-hybridized carbons (Fsp3) is 0.375. The number of carbonyl (C=O) groups excluding carboxylic acids is 2. The number of nitrogens with zero attached hydrogens (tertiary/aromatic N) is 3. The zero-order chi connectivity index (χ0) is 26.8. The molecule has 36 heavy (non-hydrogen) atoms. The minimum atomic E-state index is -1.38. The molecule has 0 fully saturated rings. The normalized spacial score (nSPS) is 17.9. The zero-order valence-corrected chi connectivity index (χ0v) is 21.3. The van der Waals surface area contributed by atoms with Crippen molar-refractivity contribution in [3.63, 3.8) is 0 Å². The van der Waals surface area contributed by atoms with Crippen LogP contribution in [0.4, 0.5) is 26.2 Å². The van der Waals surface area contributed by atoms with Gasteiger partial charge in [0.1, 0.15) is 11.3 Å². The molecular formula is C24H27ClFN5O5. The monoisotopic (exact) mass is 519 g/mol. The summed E-state index contributed by atoms with van der Waals surface area (Å²) in [4.78, 5) is 41.9. The average molecular weight is 520 g/mol. The summed E-state index contributed by atoms with van der Waals surface area (Å²) in [5.74, 6) is -1.19. The van der Waals surface area contributed by atoms with Gasteiger partial charge in [0.05, 0.1) is 22.6 Å². The number of anilines is 2. The van der Waals surface area contributed by atoms with E-state index < -0.39 is 28.0 Å². The zero-order valence-electron chi connectivity index (χ0n) is 20.5. The predicted octanol–water partition coefficient (Wildman–Crippen LogP) is 5.48. The molecule has 1 heterocycles. The van der Waals surface area contributed by atoms with Crippen molar-refractivity contribution in [1.29, 1.82) is 0 Å². The Morgan fingerprint density at radius 3 is 2.61 bits per heavy atom. The van der Waals surface area contributed by atoms with Crippen molar-refractivity contribution < 1.29 is 23.6 Å². The number of carbonyl (C=O) groups is 2. The van der Waals surface area contributed by atoms with Crippen LogP contribution in [-0.4, -0.2) is 39.9 Å². The van der Waals surface area contributed by atoms with Gasteiger partial charge in [-0.2, -0.15) is 0 Å². The van der Waals surface area contributed by atoms with Crippen LogP contribution in [0.1, 0.15) is 46.6 Å². The molecule has 1 aliphatic rings. The van der Waals surface area contributed by atoms with Crippen molar-refractivity contribution in [3.8, 4) is 0 Å². The van der Waals surface area contributed by atoms with Crippen LogP contribution in [0.15, 0.2) is 41.4 Å². The molecule has 0 radical (unpaired) electrons. The van der Waals surface area contributed by atoms with E-state index in [1.54, 1.807) is 34.6 Å². The van der Waals surface area contributed by atoms with Crippen LogP contribution in [0, 0.1) is 15.9 Å². The molecule has 192 valence electrons. The van der Waals surface area contributed by atoms with E-state index in [2.05, 4.69) is 15.6 Å². The first-order valence-electron chi connectivity index (χ1n) is 11.1. The van der Waals surface area contributed by atoms with Gasteiger partial charge < -0.3 is 10.1 Å². The first kappa shape index (κ1) is 26.9. The summed E-state index contributed by atoms with van der Waals surface area (Å²) in [6.45, 7) is 8.60. The molecule has 1 atom stereocenters. The Balaban J connectivity index is 2.02. The Bertz CT molecular complexity index is 1250. The van der Waals surface area contributed by atoms with Gasteiger partial charge in [0.2, 0.25) is 11.9 Å². The molecule has 3 rings (SSSR count). The number of nitrogens with one attached hydrogen (secondary N) is 2. The fourth-order valence-corrected chi connectivity index (χ4v) is 3.94. The highest BCUT2D eigenvalue weighted by molar-refractivity contribution is 6.31. The van der Waals surface area contributed by atoms with Crippen LogP contribution in [-0.2, 0) is 15.1 Å². The van der Waals surface area contributed by atoms with Crippen LogP contribution in [0.5, 0.6) is 0 Å². The quantitative estimate of drug-likeness (QED) is 0.398. The SMILES string of the molecule is CCN1C(=O)C[C@@](C)(c2cccc(Nc3cc(Cl)ccc3[N+](=O)[O-])c2F)N=C1NC(=O)OC(C)(C)C. The molecule has 0 aromatic heterocycles. The van der Waals surface area contributed by atoms with Crippen molar-refractivity contribution in [2.75, 3.05) is 11.9 Å². The van der Waals surface area contributed by atoms with Gasteiger partial charge in [-0.15, -0.1) is 0 Å². The lowest BCUT2D eigenvalue weighted by Crippen LogP contribution is -2.53. The largest absolute Gasteiger partial charge is 0.444 e. The number of amides is 2. The van der Waals surface area contributed by atoms with Crippen LogP contribution in [0.2, 0.25) is 5.02 Å². The maximum absolute atomic E-state index is 15.8. The van der Waals surface area contributed by atoms with E-state index in [4.69, 9.17) is 16.3 Å². The third-order valence-electron chi connectivity index (χ3n) is 5.34. The summed E-state index contributed by atoms with van der Waals surface area (Å²) in [6.07, 6.45) is -0.973. The Kier molecular flexibility index (Phi) is 7.54. The lowest BCUT2D eigenvalue weighted by Gasteiger charge is -2.36. The molecule has 1 aliphatic heterocycles. The van der Waals surface area contributed by atoms with E-state index in [-0.39, 0.29) is 52.5 Å². The van der Waals surface area contributed by atoms with Crippen molar-refractivity contribution in [1.82, 2.24) is 10.2 Å². The highest BCUT2D eigenvalue weighted by Gasteiger charge is 2.40. The van der Waals surface area contributed by atoms with E-state index >= 15 is 4.39 Å². The van der Waals surface area contributed by atoms with Crippen LogP contribution < -0.4 is 10.6 Å². The molecule has 0 saturated carbocycles. The van der Waals surface area contributed by atoms with Crippen LogP contribution >= 0.6 is 11.6 Å². The van der Waals surface area contributed by atoms with Gasteiger partial charge in [-0.3, -0.25) is 25.1 Å². The third-order valence-corrected chi connectivity index (χ3v) is 5.57. The summed E-state index contributed by atoms with van der Waals surface area (Å²) in [5, 5.41) is 16.9. The summed E-state index contributed by atoms with van der Waals surface area (Å²) < 4.78 is 21.0. The number of rotatable bonds is 5. The minimum absolute atomic E-state index is 0.00126. The molecule has 0 aliphatic carbocycles. The third kappa shape index (κ3) is 5.91. The van der Waals surface area contributed by atoms with E-state index in [0.29, 0.717) is 0 Å². The second kappa shape index (κ2) is 10.1. The maximum atomic E-state index is 15.8. The lowest BCUT2D eigenvalue weighted by molar-refractivity contribution is -0.383. The van der Waals surface area contributed by atoms with Crippen LogP contribution in [0.25, 0.3) is 0 Å². The summed E-state index contributed by atoms with van der Waals surface area (Å²) in [6, 6.07) is 8.30.